The normalized spacial score (nSPS) is 11.9. The number of fused-ring (bicyclic) bond motifs is 6. The molecule has 0 amide bonds. The van der Waals surface area contributed by atoms with Gasteiger partial charge in [-0.15, -0.1) is 0 Å². The van der Waals surface area contributed by atoms with E-state index >= 15 is 0 Å². The van der Waals surface area contributed by atoms with Crippen molar-refractivity contribution in [1.82, 2.24) is 0 Å². The van der Waals surface area contributed by atoms with E-state index in [9.17, 15) is 4.57 Å². The predicted octanol–water partition coefficient (Wildman–Crippen LogP) is 6.79. The van der Waals surface area contributed by atoms with Crippen LogP contribution in [0.2, 0.25) is 0 Å². The third-order valence-electron chi connectivity index (χ3n) is 6.33. The van der Waals surface area contributed by atoms with E-state index in [1.165, 1.54) is 26.9 Å². The van der Waals surface area contributed by atoms with Crippen molar-refractivity contribution in [1.29, 1.82) is 0 Å². The van der Waals surface area contributed by atoms with Crippen LogP contribution in [0.25, 0.3) is 32.3 Å². The molecule has 0 aliphatic heterocycles. The maximum atomic E-state index is 14.9. The first-order valence-electron chi connectivity index (χ1n) is 10.8. The van der Waals surface area contributed by atoms with Crippen molar-refractivity contribution in [3.8, 4) is 0 Å². The Bertz CT molecular complexity index is 1560. The van der Waals surface area contributed by atoms with Gasteiger partial charge in [0.25, 0.3) is 0 Å². The molecule has 0 aromatic heterocycles. The smallest absolute Gasteiger partial charge is 0.171 e. The second-order valence-electron chi connectivity index (χ2n) is 8.10. The lowest BCUT2D eigenvalue weighted by atomic mass is 9.94. The molecule has 32 heavy (non-hydrogen) atoms. The molecule has 0 N–H and O–H groups in total. The van der Waals surface area contributed by atoms with Gasteiger partial charge in [0.05, 0.1) is 0 Å². The predicted molar refractivity (Wildman–Crippen MR) is 138 cm³/mol. The highest BCUT2D eigenvalue weighted by Crippen LogP contribution is 2.44. The Morgan fingerprint density at radius 1 is 0.344 bits per heavy atom. The Hall–Kier alpha value is -3.67. The monoisotopic (exact) mass is 428 g/mol. The lowest BCUT2D eigenvalue weighted by molar-refractivity contribution is 0.592. The maximum absolute atomic E-state index is 14.9. The summed E-state index contributed by atoms with van der Waals surface area (Å²) in [4.78, 5) is 0. The molecule has 1 nitrogen and oxygen atoms in total. The van der Waals surface area contributed by atoms with Gasteiger partial charge < -0.3 is 4.57 Å². The van der Waals surface area contributed by atoms with Gasteiger partial charge in [0, 0.05) is 15.9 Å². The summed E-state index contributed by atoms with van der Waals surface area (Å²) in [5, 5.41) is 9.80. The molecular formula is C30H21OP. The molecule has 0 atom stereocenters. The van der Waals surface area contributed by atoms with Crippen LogP contribution in [-0.4, -0.2) is 0 Å². The highest BCUT2D eigenvalue weighted by Gasteiger charge is 2.30. The standard InChI is InChI=1S/C30H21OP/c31-32(22-11-3-1-4-12-22,23-13-5-2-6-14-23)24-19-20-29-27-17-8-7-15-25(27)26-16-9-10-18-28(26)30(29)21-24/h1-21H. The summed E-state index contributed by atoms with van der Waals surface area (Å²) < 4.78 is 14.9. The fourth-order valence-electron chi connectivity index (χ4n) is 4.81. The third-order valence-corrected chi connectivity index (χ3v) is 9.39. The van der Waals surface area contributed by atoms with Crippen LogP contribution < -0.4 is 15.9 Å². The lowest BCUT2D eigenvalue weighted by Gasteiger charge is -2.21. The third kappa shape index (κ3) is 2.83. The Labute approximate surface area is 187 Å². The number of benzene rings is 6. The number of rotatable bonds is 3. The SMILES string of the molecule is O=P(c1ccccc1)(c1ccccc1)c1ccc2c3ccccc3c3ccccc3c2c1. The van der Waals surface area contributed by atoms with Crippen molar-refractivity contribution in [2.24, 2.45) is 0 Å². The first kappa shape index (κ1) is 19.0. The quantitative estimate of drug-likeness (QED) is 0.224. The highest BCUT2D eigenvalue weighted by atomic mass is 31.2. The second kappa shape index (κ2) is 7.48. The van der Waals surface area contributed by atoms with Crippen molar-refractivity contribution in [3.63, 3.8) is 0 Å². The summed E-state index contributed by atoms with van der Waals surface area (Å²) in [5.74, 6) is 0. The molecule has 0 radical (unpaired) electrons. The van der Waals surface area contributed by atoms with Gasteiger partial charge in [0.2, 0.25) is 0 Å². The Kier molecular flexibility index (Phi) is 4.45. The van der Waals surface area contributed by atoms with Gasteiger partial charge >= 0.3 is 0 Å². The molecule has 0 aliphatic rings. The molecular weight excluding hydrogens is 407 g/mol. The Morgan fingerprint density at radius 3 is 1.19 bits per heavy atom. The van der Waals surface area contributed by atoms with Gasteiger partial charge in [0.15, 0.2) is 7.14 Å². The van der Waals surface area contributed by atoms with Gasteiger partial charge in [-0.25, -0.2) is 0 Å². The van der Waals surface area contributed by atoms with Crippen LogP contribution in [0.15, 0.2) is 127 Å². The largest absolute Gasteiger partial charge is 0.309 e. The summed E-state index contributed by atoms with van der Waals surface area (Å²) in [6.07, 6.45) is 0. The summed E-state index contributed by atoms with van der Waals surface area (Å²) in [6.45, 7) is 0. The van der Waals surface area contributed by atoms with E-state index in [4.69, 9.17) is 0 Å². The average molecular weight is 428 g/mol. The molecule has 0 aliphatic carbocycles. The molecule has 152 valence electrons. The van der Waals surface area contributed by atoms with E-state index in [-0.39, 0.29) is 0 Å². The van der Waals surface area contributed by atoms with Crippen molar-refractivity contribution in [2.45, 2.75) is 0 Å². The fraction of sp³-hybridized carbons (Fsp3) is 0. The topological polar surface area (TPSA) is 17.1 Å². The van der Waals surface area contributed by atoms with Gasteiger partial charge in [-0.3, -0.25) is 0 Å². The highest BCUT2D eigenvalue weighted by molar-refractivity contribution is 7.85. The molecule has 0 unspecified atom stereocenters. The van der Waals surface area contributed by atoms with Crippen molar-refractivity contribution >= 4 is 55.4 Å². The van der Waals surface area contributed by atoms with Crippen LogP contribution in [-0.2, 0) is 4.57 Å². The van der Waals surface area contributed by atoms with Crippen LogP contribution in [0.1, 0.15) is 0 Å². The van der Waals surface area contributed by atoms with Crippen LogP contribution in [0, 0.1) is 0 Å². The lowest BCUT2D eigenvalue weighted by Crippen LogP contribution is -2.24. The van der Waals surface area contributed by atoms with Crippen LogP contribution in [0.3, 0.4) is 0 Å². The van der Waals surface area contributed by atoms with Crippen molar-refractivity contribution in [2.75, 3.05) is 0 Å². The molecule has 2 heteroatoms. The zero-order valence-corrected chi connectivity index (χ0v) is 18.4. The molecule has 6 aromatic rings. The molecule has 6 aromatic carbocycles. The first-order valence-corrected chi connectivity index (χ1v) is 12.5. The molecule has 6 rings (SSSR count). The van der Waals surface area contributed by atoms with E-state index in [1.807, 2.05) is 60.7 Å². The van der Waals surface area contributed by atoms with E-state index in [0.29, 0.717) is 0 Å². The summed E-state index contributed by atoms with van der Waals surface area (Å²) in [7, 11) is -3.02. The van der Waals surface area contributed by atoms with Gasteiger partial charge in [0.1, 0.15) is 0 Å². The molecule has 0 bridgehead atoms. The Balaban J connectivity index is 1.73. The molecule has 0 fully saturated rings. The minimum absolute atomic E-state index is 0.857. The van der Waals surface area contributed by atoms with Crippen LogP contribution in [0.5, 0.6) is 0 Å². The van der Waals surface area contributed by atoms with Crippen molar-refractivity contribution < 1.29 is 4.57 Å². The minimum Gasteiger partial charge on any atom is -0.309 e. The second-order valence-corrected chi connectivity index (χ2v) is 10.9. The Morgan fingerprint density at radius 2 is 0.719 bits per heavy atom. The number of hydrogen-bond donors (Lipinski definition) is 0. The zero-order valence-electron chi connectivity index (χ0n) is 17.5. The molecule has 0 spiro atoms. The summed E-state index contributed by atoms with van der Waals surface area (Å²) in [5.41, 5.74) is 0. The van der Waals surface area contributed by atoms with Gasteiger partial charge in [-0.2, -0.15) is 0 Å². The van der Waals surface area contributed by atoms with E-state index < -0.39 is 7.14 Å². The fourth-order valence-corrected chi connectivity index (χ4v) is 7.49. The van der Waals surface area contributed by atoms with E-state index in [2.05, 4.69) is 66.7 Å². The van der Waals surface area contributed by atoms with Crippen molar-refractivity contribution in [3.05, 3.63) is 127 Å². The minimum atomic E-state index is -3.02. The number of hydrogen-bond acceptors (Lipinski definition) is 1. The van der Waals surface area contributed by atoms with Crippen LogP contribution in [0.4, 0.5) is 0 Å². The van der Waals surface area contributed by atoms with Gasteiger partial charge in [-0.05, 0) is 38.4 Å². The zero-order chi connectivity index (χ0) is 21.5. The maximum Gasteiger partial charge on any atom is 0.171 e. The average Bonchev–Trinajstić information content (AvgIpc) is 2.89. The van der Waals surface area contributed by atoms with Gasteiger partial charge in [-0.1, -0.05) is 121 Å². The molecule has 0 heterocycles. The van der Waals surface area contributed by atoms with E-state index in [0.717, 1.165) is 21.3 Å². The molecule has 0 saturated carbocycles. The van der Waals surface area contributed by atoms with E-state index in [1.54, 1.807) is 0 Å². The van der Waals surface area contributed by atoms with Crippen LogP contribution >= 0.6 is 7.14 Å². The summed E-state index contributed by atoms with van der Waals surface area (Å²) in [6, 6.07) is 43.2. The first-order chi connectivity index (χ1) is 15.8. The molecule has 0 saturated heterocycles. The summed E-state index contributed by atoms with van der Waals surface area (Å²) >= 11 is 0.